The van der Waals surface area contributed by atoms with Gasteiger partial charge in [-0.15, -0.1) is 10.2 Å². The first-order valence-corrected chi connectivity index (χ1v) is 14.5. The van der Waals surface area contributed by atoms with Gasteiger partial charge in [0.25, 0.3) is 11.8 Å². The molecule has 2 aliphatic rings. The monoisotopic (exact) mass is 613 g/mol. The van der Waals surface area contributed by atoms with Crippen molar-refractivity contribution in [2.45, 2.75) is 58.8 Å². The second-order valence-electron chi connectivity index (χ2n) is 10.9. The summed E-state index contributed by atoms with van der Waals surface area (Å²) in [7, 11) is 0. The molecule has 0 radical (unpaired) electrons. The van der Waals surface area contributed by atoms with Crippen LogP contribution in [-0.4, -0.2) is 107 Å². The molecule has 1 atom stereocenters. The van der Waals surface area contributed by atoms with Crippen molar-refractivity contribution in [2.24, 2.45) is 5.73 Å². The summed E-state index contributed by atoms with van der Waals surface area (Å²) >= 11 is 0. The van der Waals surface area contributed by atoms with Crippen molar-refractivity contribution < 1.29 is 33.4 Å². The predicted molar refractivity (Wildman–Crippen MR) is 158 cm³/mol. The van der Waals surface area contributed by atoms with Crippen LogP contribution in [0.25, 0.3) is 0 Å². The highest BCUT2D eigenvalue weighted by Gasteiger charge is 2.33. The minimum Gasteiger partial charge on any atom is -0.446 e. The van der Waals surface area contributed by atoms with Crippen LogP contribution >= 0.6 is 0 Å². The zero-order valence-corrected chi connectivity index (χ0v) is 25.3. The van der Waals surface area contributed by atoms with Gasteiger partial charge in [-0.2, -0.15) is 4.98 Å². The average molecular weight is 614 g/mol. The van der Waals surface area contributed by atoms with E-state index >= 15 is 0 Å². The number of amides is 4. The average Bonchev–Trinajstić information content (AvgIpc) is 2.99. The van der Waals surface area contributed by atoms with Gasteiger partial charge in [-0.25, -0.2) is 20.0 Å². The Labute approximate surface area is 255 Å². The number of morpholine rings is 1. The summed E-state index contributed by atoms with van der Waals surface area (Å²) in [6.07, 6.45) is -1.14. The first-order chi connectivity index (χ1) is 21.0. The predicted octanol–water partition coefficient (Wildman–Crippen LogP) is 2.05. The van der Waals surface area contributed by atoms with Gasteiger partial charge in [0, 0.05) is 37.4 Å². The number of nitrogens with zero attached hydrogens (tertiary/aromatic N) is 6. The topological polar surface area (TPSA) is 194 Å². The number of piperidine rings is 1. The van der Waals surface area contributed by atoms with Crippen LogP contribution in [0.5, 0.6) is 0 Å². The molecule has 0 bridgehead atoms. The summed E-state index contributed by atoms with van der Waals surface area (Å²) in [5.41, 5.74) is 8.95. The number of aromatic nitrogens is 3. The molecule has 44 heavy (non-hydrogen) atoms. The number of rotatable bonds is 8. The SMILES string of the molecule is CC(C)OC(=O)NN(C(=O)OC(C)C)[C@@H]1CCCN(c2nnc(C(N)=O)c(Nc3ccc(C(=O)N4CCOCC4)cc3)n2)C1. The third-order valence-electron chi connectivity index (χ3n) is 6.73. The zero-order chi connectivity index (χ0) is 31.8. The number of carbonyl (C=O) groups excluding carboxylic acids is 4. The maximum absolute atomic E-state index is 12.9. The van der Waals surface area contributed by atoms with Gasteiger partial charge in [-0.3, -0.25) is 9.59 Å². The third kappa shape index (κ3) is 8.43. The molecular formula is C28H39N9O7. The lowest BCUT2D eigenvalue weighted by Crippen LogP contribution is -2.58. The van der Waals surface area contributed by atoms with E-state index in [0.717, 1.165) is 5.01 Å². The molecule has 3 heterocycles. The number of ether oxygens (including phenoxy) is 3. The molecule has 4 rings (SSSR count). The van der Waals surface area contributed by atoms with Gasteiger partial charge >= 0.3 is 12.2 Å². The molecule has 4 amide bonds. The fraction of sp³-hybridized carbons (Fsp3) is 0.536. The van der Waals surface area contributed by atoms with Crippen molar-refractivity contribution in [1.29, 1.82) is 0 Å². The van der Waals surface area contributed by atoms with Crippen molar-refractivity contribution >= 4 is 41.5 Å². The molecule has 2 saturated heterocycles. The molecule has 0 aliphatic carbocycles. The first kappa shape index (κ1) is 32.2. The summed E-state index contributed by atoms with van der Waals surface area (Å²) in [6.45, 7) is 9.63. The number of primary amides is 1. The summed E-state index contributed by atoms with van der Waals surface area (Å²) in [5, 5.41) is 12.3. The third-order valence-corrected chi connectivity index (χ3v) is 6.73. The molecule has 1 aromatic heterocycles. The fourth-order valence-corrected chi connectivity index (χ4v) is 4.72. The Morgan fingerprint density at radius 1 is 1.00 bits per heavy atom. The lowest BCUT2D eigenvalue weighted by Gasteiger charge is -2.38. The van der Waals surface area contributed by atoms with Crippen molar-refractivity contribution in [2.75, 3.05) is 49.6 Å². The molecule has 0 unspecified atom stereocenters. The van der Waals surface area contributed by atoms with Gasteiger partial charge in [-0.05, 0) is 64.8 Å². The summed E-state index contributed by atoms with van der Waals surface area (Å²) < 4.78 is 15.8. The van der Waals surface area contributed by atoms with E-state index in [4.69, 9.17) is 19.9 Å². The maximum atomic E-state index is 12.9. The van der Waals surface area contributed by atoms with E-state index in [2.05, 4.69) is 25.9 Å². The number of nitrogens with two attached hydrogens (primary N) is 1. The second-order valence-corrected chi connectivity index (χ2v) is 10.9. The normalized spacial score (nSPS) is 16.8. The molecule has 0 spiro atoms. The van der Waals surface area contributed by atoms with E-state index in [1.54, 1.807) is 61.8 Å². The van der Waals surface area contributed by atoms with Crippen LogP contribution in [0.2, 0.25) is 0 Å². The van der Waals surface area contributed by atoms with Crippen molar-refractivity contribution in [3.63, 3.8) is 0 Å². The highest BCUT2D eigenvalue weighted by atomic mass is 16.6. The largest absolute Gasteiger partial charge is 0.446 e. The Bertz CT molecular complexity index is 1330. The van der Waals surface area contributed by atoms with Crippen LogP contribution in [0.3, 0.4) is 0 Å². The van der Waals surface area contributed by atoms with Gasteiger partial charge in [-0.1, -0.05) is 0 Å². The van der Waals surface area contributed by atoms with Gasteiger partial charge < -0.3 is 35.1 Å². The molecule has 2 aromatic rings. The van der Waals surface area contributed by atoms with Crippen LogP contribution in [0.1, 0.15) is 61.4 Å². The van der Waals surface area contributed by atoms with Crippen molar-refractivity contribution in [3.05, 3.63) is 35.5 Å². The van der Waals surface area contributed by atoms with Crippen LogP contribution in [-0.2, 0) is 14.2 Å². The number of hydrogen-bond acceptors (Lipinski definition) is 12. The summed E-state index contributed by atoms with van der Waals surface area (Å²) in [4.78, 5) is 58.3. The smallest absolute Gasteiger partial charge is 0.429 e. The highest BCUT2D eigenvalue weighted by Crippen LogP contribution is 2.24. The van der Waals surface area contributed by atoms with Gasteiger partial charge in [0.15, 0.2) is 11.5 Å². The Morgan fingerprint density at radius 3 is 2.32 bits per heavy atom. The van der Waals surface area contributed by atoms with E-state index < -0.39 is 36.3 Å². The van der Waals surface area contributed by atoms with Gasteiger partial charge in [0.05, 0.1) is 31.5 Å². The first-order valence-electron chi connectivity index (χ1n) is 14.5. The Kier molecular flexibility index (Phi) is 10.7. The number of hydrazine groups is 1. The van der Waals surface area contributed by atoms with E-state index in [0.29, 0.717) is 56.9 Å². The molecular weight excluding hydrogens is 574 g/mol. The van der Waals surface area contributed by atoms with E-state index in [1.807, 2.05) is 0 Å². The Balaban J connectivity index is 1.52. The summed E-state index contributed by atoms with van der Waals surface area (Å²) in [6, 6.07) is 6.23. The van der Waals surface area contributed by atoms with E-state index in [9.17, 15) is 19.2 Å². The van der Waals surface area contributed by atoms with E-state index in [-0.39, 0.29) is 29.9 Å². The Morgan fingerprint density at radius 2 is 1.68 bits per heavy atom. The van der Waals surface area contributed by atoms with Crippen LogP contribution in [0, 0.1) is 0 Å². The molecule has 16 nitrogen and oxygen atoms in total. The van der Waals surface area contributed by atoms with E-state index in [1.165, 1.54) is 0 Å². The van der Waals surface area contributed by atoms with Crippen LogP contribution in [0.4, 0.5) is 27.0 Å². The lowest BCUT2D eigenvalue weighted by molar-refractivity contribution is 0.0286. The number of anilines is 3. The number of carbonyl (C=O) groups is 4. The zero-order valence-electron chi connectivity index (χ0n) is 25.3. The molecule has 4 N–H and O–H groups in total. The van der Waals surface area contributed by atoms with Gasteiger partial charge in [0.1, 0.15) is 0 Å². The second kappa shape index (κ2) is 14.6. The fourth-order valence-electron chi connectivity index (χ4n) is 4.72. The maximum Gasteiger partial charge on any atom is 0.429 e. The number of nitrogens with one attached hydrogen (secondary N) is 2. The molecule has 238 valence electrons. The number of benzene rings is 1. The highest BCUT2D eigenvalue weighted by molar-refractivity contribution is 5.97. The van der Waals surface area contributed by atoms with Crippen molar-refractivity contribution in [1.82, 2.24) is 30.5 Å². The quantitative estimate of drug-likeness (QED) is 0.367. The molecule has 2 aliphatic heterocycles. The standard InChI is InChI=1S/C28H39N9O7/c1-17(2)43-27(40)34-37(28(41)44-18(3)4)21-6-5-11-36(16-21)26-31-24(22(23(29)38)32-33-26)30-20-9-7-19(8-10-20)25(39)35-12-14-42-15-13-35/h7-10,17-18,21H,5-6,11-16H2,1-4H3,(H2,29,38)(H,34,40)(H,30,31,33)/t21-/m1/s1. The summed E-state index contributed by atoms with van der Waals surface area (Å²) in [5.74, 6) is -0.665. The minimum atomic E-state index is -0.829. The van der Waals surface area contributed by atoms with Gasteiger partial charge in [0.2, 0.25) is 5.95 Å². The van der Waals surface area contributed by atoms with Crippen LogP contribution in [0.15, 0.2) is 24.3 Å². The molecule has 0 saturated carbocycles. The lowest BCUT2D eigenvalue weighted by atomic mass is 10.1. The van der Waals surface area contributed by atoms with Crippen molar-refractivity contribution in [3.8, 4) is 0 Å². The Hall–Kier alpha value is -4.73. The van der Waals surface area contributed by atoms with Crippen LogP contribution < -0.4 is 21.4 Å². The molecule has 1 aromatic carbocycles. The molecule has 16 heteroatoms. The minimum absolute atomic E-state index is 0.0755. The molecule has 2 fully saturated rings. The number of hydrogen-bond donors (Lipinski definition) is 3.